The van der Waals surface area contributed by atoms with Crippen LogP contribution in [0.5, 0.6) is 0 Å². The van der Waals surface area contributed by atoms with Crippen molar-refractivity contribution in [2.45, 2.75) is 78.6 Å². The summed E-state index contributed by atoms with van der Waals surface area (Å²) >= 11 is 0. The monoisotopic (exact) mass is 266 g/mol. The molecule has 2 aliphatic rings. The Morgan fingerprint density at radius 1 is 1.26 bits per heavy atom. The van der Waals surface area contributed by atoms with Gasteiger partial charge in [-0.3, -0.25) is 10.1 Å². The smallest absolute Gasteiger partial charge is 0.241 e. The number of hydrogen-bond donors (Lipinski definition) is 1. The van der Waals surface area contributed by atoms with E-state index in [0.717, 1.165) is 12.3 Å². The highest BCUT2D eigenvalue weighted by Crippen LogP contribution is 2.34. The first-order valence-electron chi connectivity index (χ1n) is 7.98. The van der Waals surface area contributed by atoms with Gasteiger partial charge < -0.3 is 4.90 Å². The van der Waals surface area contributed by atoms with Crippen LogP contribution < -0.4 is 5.32 Å². The average Bonchev–Trinajstić information content (AvgIpc) is 2.82. The van der Waals surface area contributed by atoms with Crippen LogP contribution in [0.15, 0.2) is 0 Å². The molecule has 1 aliphatic heterocycles. The van der Waals surface area contributed by atoms with Crippen molar-refractivity contribution >= 4 is 5.91 Å². The van der Waals surface area contributed by atoms with Gasteiger partial charge in [0.15, 0.2) is 0 Å². The quantitative estimate of drug-likeness (QED) is 0.848. The summed E-state index contributed by atoms with van der Waals surface area (Å²) in [4.78, 5) is 14.9. The van der Waals surface area contributed by atoms with Crippen LogP contribution in [-0.2, 0) is 4.79 Å². The molecule has 3 heteroatoms. The lowest BCUT2D eigenvalue weighted by Gasteiger charge is -2.31. The topological polar surface area (TPSA) is 32.3 Å². The molecule has 1 heterocycles. The Morgan fingerprint density at radius 3 is 2.42 bits per heavy atom. The molecule has 19 heavy (non-hydrogen) atoms. The van der Waals surface area contributed by atoms with Gasteiger partial charge in [-0.15, -0.1) is 0 Å². The van der Waals surface area contributed by atoms with Crippen LogP contribution in [0.1, 0.15) is 60.3 Å². The maximum absolute atomic E-state index is 12.7. The van der Waals surface area contributed by atoms with Gasteiger partial charge in [0.25, 0.3) is 0 Å². The van der Waals surface area contributed by atoms with Crippen molar-refractivity contribution in [3.05, 3.63) is 0 Å². The van der Waals surface area contributed by atoms with E-state index in [-0.39, 0.29) is 12.2 Å². The first-order chi connectivity index (χ1) is 8.90. The summed E-state index contributed by atoms with van der Waals surface area (Å²) < 4.78 is 0. The Labute approximate surface area is 118 Å². The molecule has 2 rings (SSSR count). The Morgan fingerprint density at radius 2 is 1.95 bits per heavy atom. The fraction of sp³-hybridized carbons (Fsp3) is 0.938. The lowest BCUT2D eigenvalue weighted by atomic mass is 10.0. The van der Waals surface area contributed by atoms with Crippen LogP contribution in [0, 0.1) is 17.8 Å². The molecule has 1 saturated carbocycles. The van der Waals surface area contributed by atoms with Crippen LogP contribution in [0.3, 0.4) is 0 Å². The van der Waals surface area contributed by atoms with Gasteiger partial charge in [0.05, 0.1) is 12.2 Å². The largest absolute Gasteiger partial charge is 0.323 e. The molecule has 0 spiro atoms. The summed E-state index contributed by atoms with van der Waals surface area (Å²) in [7, 11) is 0. The lowest BCUT2D eigenvalue weighted by molar-refractivity contribution is -0.133. The van der Waals surface area contributed by atoms with Crippen LogP contribution in [0.2, 0.25) is 0 Å². The molecular weight excluding hydrogens is 236 g/mol. The van der Waals surface area contributed by atoms with Crippen molar-refractivity contribution in [1.82, 2.24) is 10.2 Å². The average molecular weight is 266 g/mol. The minimum absolute atomic E-state index is 0.0275. The maximum Gasteiger partial charge on any atom is 0.241 e. The molecule has 1 amide bonds. The van der Waals surface area contributed by atoms with Gasteiger partial charge in [-0.2, -0.15) is 0 Å². The van der Waals surface area contributed by atoms with Crippen molar-refractivity contribution in [3.8, 4) is 0 Å². The summed E-state index contributed by atoms with van der Waals surface area (Å²) in [5.41, 5.74) is 0. The van der Waals surface area contributed by atoms with E-state index in [4.69, 9.17) is 0 Å². The molecule has 1 N–H and O–H groups in total. The summed E-state index contributed by atoms with van der Waals surface area (Å²) in [5, 5.41) is 3.59. The van der Waals surface area contributed by atoms with Gasteiger partial charge in [-0.25, -0.2) is 0 Å². The molecule has 2 fully saturated rings. The van der Waals surface area contributed by atoms with Gasteiger partial charge >= 0.3 is 0 Å². The second-order valence-corrected chi connectivity index (χ2v) is 7.35. The van der Waals surface area contributed by atoms with Crippen molar-refractivity contribution in [3.63, 3.8) is 0 Å². The van der Waals surface area contributed by atoms with Crippen molar-refractivity contribution in [1.29, 1.82) is 0 Å². The molecule has 3 nitrogen and oxygen atoms in total. The third kappa shape index (κ3) is 3.13. The maximum atomic E-state index is 12.7. The predicted molar refractivity (Wildman–Crippen MR) is 78.7 cm³/mol. The third-order valence-corrected chi connectivity index (χ3v) is 4.65. The minimum atomic E-state index is 0.0275. The fourth-order valence-electron chi connectivity index (χ4n) is 3.64. The molecule has 0 aromatic heterocycles. The third-order valence-electron chi connectivity index (χ3n) is 4.65. The van der Waals surface area contributed by atoms with E-state index >= 15 is 0 Å². The Balaban J connectivity index is 2.13. The second kappa shape index (κ2) is 5.82. The Kier molecular flexibility index (Phi) is 4.54. The Bertz CT molecular complexity index is 327. The molecule has 0 radical (unpaired) electrons. The zero-order valence-electron chi connectivity index (χ0n) is 13.1. The van der Waals surface area contributed by atoms with Gasteiger partial charge in [0.2, 0.25) is 5.91 Å². The van der Waals surface area contributed by atoms with Gasteiger partial charge in [0.1, 0.15) is 0 Å². The molecule has 110 valence electrons. The molecule has 0 aromatic carbocycles. The standard InChI is InChI=1S/C16H30N2O/c1-10(2)8-14-17-15(11(3)4)16(19)18(14)13-7-6-12(5)9-13/h10-15,17H,6-9H2,1-5H3. The summed E-state index contributed by atoms with van der Waals surface area (Å²) in [6.45, 7) is 11.1. The minimum Gasteiger partial charge on any atom is -0.323 e. The number of nitrogens with zero attached hydrogens (tertiary/aromatic N) is 1. The van der Waals surface area contributed by atoms with Crippen molar-refractivity contribution in [2.24, 2.45) is 17.8 Å². The normalized spacial score (nSPS) is 35.9. The number of hydrogen-bond acceptors (Lipinski definition) is 2. The molecule has 1 aliphatic carbocycles. The number of carbonyl (C=O) groups excluding carboxylic acids is 1. The first kappa shape index (κ1) is 14.8. The van der Waals surface area contributed by atoms with Crippen LogP contribution >= 0.6 is 0 Å². The van der Waals surface area contributed by atoms with Gasteiger partial charge in [-0.1, -0.05) is 34.6 Å². The fourth-order valence-corrected chi connectivity index (χ4v) is 3.64. The number of nitrogens with one attached hydrogen (secondary N) is 1. The Hall–Kier alpha value is -0.570. The molecule has 0 bridgehead atoms. The lowest BCUT2D eigenvalue weighted by Crippen LogP contribution is -2.44. The number of amides is 1. The zero-order chi connectivity index (χ0) is 14.2. The highest BCUT2D eigenvalue weighted by molar-refractivity contribution is 5.85. The zero-order valence-corrected chi connectivity index (χ0v) is 13.1. The number of carbonyl (C=O) groups is 1. The molecule has 4 atom stereocenters. The van der Waals surface area contributed by atoms with Gasteiger partial charge in [-0.05, 0) is 43.4 Å². The van der Waals surface area contributed by atoms with Gasteiger partial charge in [0, 0.05) is 6.04 Å². The SMILES string of the molecule is CC(C)CC1NC(C(C)C)C(=O)N1C1CCC(C)C1. The van der Waals surface area contributed by atoms with Crippen molar-refractivity contribution in [2.75, 3.05) is 0 Å². The van der Waals surface area contributed by atoms with E-state index in [0.29, 0.717) is 23.8 Å². The molecular formula is C16H30N2O. The second-order valence-electron chi connectivity index (χ2n) is 7.35. The summed E-state index contributed by atoms with van der Waals surface area (Å²) in [5.74, 6) is 2.12. The molecule has 0 aromatic rings. The van der Waals surface area contributed by atoms with E-state index < -0.39 is 0 Å². The summed E-state index contributed by atoms with van der Waals surface area (Å²) in [6, 6.07) is 0.502. The van der Waals surface area contributed by atoms with Crippen molar-refractivity contribution < 1.29 is 4.79 Å². The van der Waals surface area contributed by atoms with Crippen LogP contribution in [0.4, 0.5) is 0 Å². The van der Waals surface area contributed by atoms with E-state index in [1.165, 1.54) is 19.3 Å². The molecule has 4 unspecified atom stereocenters. The summed E-state index contributed by atoms with van der Waals surface area (Å²) in [6.07, 6.45) is 4.98. The van der Waals surface area contributed by atoms with E-state index in [1.807, 2.05) is 0 Å². The molecule has 1 saturated heterocycles. The van der Waals surface area contributed by atoms with E-state index in [1.54, 1.807) is 0 Å². The highest BCUT2D eigenvalue weighted by Gasteiger charge is 2.44. The van der Waals surface area contributed by atoms with E-state index in [9.17, 15) is 4.79 Å². The van der Waals surface area contributed by atoms with Crippen LogP contribution in [0.25, 0.3) is 0 Å². The van der Waals surface area contributed by atoms with E-state index in [2.05, 4.69) is 44.8 Å². The number of rotatable bonds is 4. The van der Waals surface area contributed by atoms with Crippen LogP contribution in [-0.4, -0.2) is 29.1 Å². The predicted octanol–water partition coefficient (Wildman–Crippen LogP) is 3.00. The highest BCUT2D eigenvalue weighted by atomic mass is 16.2. The first-order valence-corrected chi connectivity index (χ1v) is 7.98.